The van der Waals surface area contributed by atoms with Crippen molar-refractivity contribution in [2.75, 3.05) is 6.54 Å². The van der Waals surface area contributed by atoms with E-state index >= 15 is 0 Å². The molecule has 0 spiro atoms. The van der Waals surface area contributed by atoms with E-state index in [0.717, 1.165) is 11.8 Å². The minimum Gasteiger partial charge on any atom is -0.289 e. The van der Waals surface area contributed by atoms with Gasteiger partial charge in [0.25, 0.3) is 11.6 Å². The standard InChI is InChI=1S/C13H9ClN2O3S2/c1-2-5-15-12(17)11(21-13(15)20)7-8-6-9(16(18)19)3-4-10(8)14/h2-4,6-7H,1,5H2. The first-order valence-electron chi connectivity index (χ1n) is 5.74. The van der Waals surface area contributed by atoms with E-state index in [0.29, 0.717) is 26.4 Å². The van der Waals surface area contributed by atoms with Crippen molar-refractivity contribution in [2.24, 2.45) is 0 Å². The number of hydrogen-bond donors (Lipinski definition) is 0. The topological polar surface area (TPSA) is 63.5 Å². The molecule has 0 aliphatic carbocycles. The number of halogens is 1. The Hall–Kier alpha value is -1.70. The van der Waals surface area contributed by atoms with E-state index in [1.807, 2.05) is 0 Å². The SMILES string of the molecule is C=CCN1C(=O)C(=Cc2cc([N+](=O)[O-])ccc2Cl)SC1=S. The van der Waals surface area contributed by atoms with Crippen molar-refractivity contribution in [1.82, 2.24) is 4.90 Å². The van der Waals surface area contributed by atoms with Gasteiger partial charge in [0.2, 0.25) is 0 Å². The quantitative estimate of drug-likeness (QED) is 0.275. The number of benzene rings is 1. The molecule has 0 atom stereocenters. The van der Waals surface area contributed by atoms with Crippen molar-refractivity contribution >= 4 is 57.6 Å². The number of thioether (sulfide) groups is 1. The van der Waals surface area contributed by atoms with E-state index in [-0.39, 0.29) is 11.6 Å². The van der Waals surface area contributed by atoms with Gasteiger partial charge in [0.15, 0.2) is 0 Å². The monoisotopic (exact) mass is 340 g/mol. The summed E-state index contributed by atoms with van der Waals surface area (Å²) in [4.78, 5) is 24.2. The zero-order valence-corrected chi connectivity index (χ0v) is 13.0. The Balaban J connectivity index is 2.38. The normalized spacial score (nSPS) is 16.6. The highest BCUT2D eigenvalue weighted by atomic mass is 35.5. The van der Waals surface area contributed by atoms with Crippen LogP contribution in [-0.2, 0) is 4.79 Å². The zero-order valence-electron chi connectivity index (χ0n) is 10.6. The lowest BCUT2D eigenvalue weighted by atomic mass is 10.2. The van der Waals surface area contributed by atoms with E-state index in [4.69, 9.17) is 23.8 Å². The highest BCUT2D eigenvalue weighted by molar-refractivity contribution is 8.26. The molecule has 1 aliphatic rings. The third kappa shape index (κ3) is 3.31. The average molecular weight is 341 g/mol. The lowest BCUT2D eigenvalue weighted by Gasteiger charge is -2.10. The molecule has 1 aromatic rings. The molecule has 5 nitrogen and oxygen atoms in total. The van der Waals surface area contributed by atoms with Crippen LogP contribution in [0.2, 0.25) is 5.02 Å². The van der Waals surface area contributed by atoms with Crippen LogP contribution in [0.5, 0.6) is 0 Å². The summed E-state index contributed by atoms with van der Waals surface area (Å²) in [5.41, 5.74) is 0.317. The molecule has 0 unspecified atom stereocenters. The van der Waals surface area contributed by atoms with Crippen LogP contribution in [0.15, 0.2) is 35.8 Å². The van der Waals surface area contributed by atoms with Crippen LogP contribution in [0.3, 0.4) is 0 Å². The Kier molecular flexibility index (Phi) is 4.76. The van der Waals surface area contributed by atoms with Gasteiger partial charge < -0.3 is 0 Å². The van der Waals surface area contributed by atoms with Crippen molar-refractivity contribution in [3.63, 3.8) is 0 Å². The summed E-state index contributed by atoms with van der Waals surface area (Å²) in [7, 11) is 0. The lowest BCUT2D eigenvalue weighted by Crippen LogP contribution is -2.27. The molecule has 0 radical (unpaired) electrons. The Morgan fingerprint density at radius 1 is 1.52 bits per heavy atom. The van der Waals surface area contributed by atoms with Gasteiger partial charge >= 0.3 is 0 Å². The van der Waals surface area contributed by atoms with E-state index < -0.39 is 4.92 Å². The van der Waals surface area contributed by atoms with Crippen LogP contribution in [-0.4, -0.2) is 26.6 Å². The minimum absolute atomic E-state index is 0.0905. The molecule has 1 amide bonds. The summed E-state index contributed by atoms with van der Waals surface area (Å²) in [6, 6.07) is 4.06. The third-order valence-corrected chi connectivity index (χ3v) is 4.38. The summed E-state index contributed by atoms with van der Waals surface area (Å²) in [5.74, 6) is -0.257. The Morgan fingerprint density at radius 3 is 2.86 bits per heavy atom. The van der Waals surface area contributed by atoms with Gasteiger partial charge in [-0.25, -0.2) is 0 Å². The van der Waals surface area contributed by atoms with Gasteiger partial charge in [0.1, 0.15) is 4.32 Å². The number of thiocarbonyl (C=S) groups is 1. The summed E-state index contributed by atoms with van der Waals surface area (Å²) < 4.78 is 0.424. The molecule has 0 aromatic heterocycles. The maximum Gasteiger partial charge on any atom is 0.270 e. The maximum absolute atomic E-state index is 12.2. The van der Waals surface area contributed by atoms with Gasteiger partial charge in [-0.15, -0.1) is 6.58 Å². The van der Waals surface area contributed by atoms with Crippen molar-refractivity contribution in [1.29, 1.82) is 0 Å². The number of non-ortho nitro benzene ring substituents is 1. The van der Waals surface area contributed by atoms with Gasteiger partial charge in [-0.05, 0) is 12.1 Å². The molecule has 0 N–H and O–H groups in total. The number of nitro groups is 1. The Bertz CT molecular complexity index is 688. The molecule has 1 saturated heterocycles. The van der Waals surface area contributed by atoms with Crippen LogP contribution in [0.25, 0.3) is 6.08 Å². The third-order valence-electron chi connectivity index (χ3n) is 2.66. The number of rotatable bonds is 4. The molecule has 1 aliphatic heterocycles. The van der Waals surface area contributed by atoms with E-state index in [1.54, 1.807) is 6.08 Å². The number of amides is 1. The molecule has 0 bridgehead atoms. The Morgan fingerprint density at radius 2 is 2.24 bits per heavy atom. The second-order valence-corrected chi connectivity index (χ2v) is 6.13. The van der Waals surface area contributed by atoms with Gasteiger partial charge in [0, 0.05) is 29.3 Å². The average Bonchev–Trinajstić information content (AvgIpc) is 2.69. The number of carbonyl (C=O) groups excluding carboxylic acids is 1. The van der Waals surface area contributed by atoms with Gasteiger partial charge in [-0.3, -0.25) is 19.8 Å². The van der Waals surface area contributed by atoms with Crippen molar-refractivity contribution in [3.05, 3.63) is 56.5 Å². The smallest absolute Gasteiger partial charge is 0.270 e. The molecule has 1 heterocycles. The largest absolute Gasteiger partial charge is 0.289 e. The molecule has 8 heteroatoms. The highest BCUT2D eigenvalue weighted by Crippen LogP contribution is 2.34. The van der Waals surface area contributed by atoms with E-state index in [2.05, 4.69) is 6.58 Å². The van der Waals surface area contributed by atoms with Crippen LogP contribution in [0.4, 0.5) is 5.69 Å². The number of nitro benzene ring substituents is 1. The number of nitrogens with zero attached hydrogens (tertiary/aromatic N) is 2. The predicted molar refractivity (Wildman–Crippen MR) is 88.2 cm³/mol. The fraction of sp³-hybridized carbons (Fsp3) is 0.0769. The Labute approximate surface area is 135 Å². The van der Waals surface area contributed by atoms with Gasteiger partial charge in [0.05, 0.1) is 9.83 Å². The molecule has 1 fully saturated rings. The van der Waals surface area contributed by atoms with Crippen molar-refractivity contribution < 1.29 is 9.72 Å². The van der Waals surface area contributed by atoms with Crippen molar-refractivity contribution in [2.45, 2.75) is 0 Å². The second kappa shape index (κ2) is 6.38. The predicted octanol–water partition coefficient (Wildman–Crippen LogP) is 3.64. The molecule has 2 rings (SSSR count). The molecule has 21 heavy (non-hydrogen) atoms. The van der Waals surface area contributed by atoms with E-state index in [1.165, 1.54) is 29.2 Å². The first-order valence-corrected chi connectivity index (χ1v) is 7.34. The maximum atomic E-state index is 12.2. The summed E-state index contributed by atoms with van der Waals surface area (Å²) >= 11 is 12.3. The van der Waals surface area contributed by atoms with Crippen LogP contribution in [0.1, 0.15) is 5.56 Å². The van der Waals surface area contributed by atoms with Gasteiger partial charge in [-0.2, -0.15) is 0 Å². The molecule has 108 valence electrons. The molecule has 0 saturated carbocycles. The summed E-state index contributed by atoms with van der Waals surface area (Å²) in [6.07, 6.45) is 3.09. The van der Waals surface area contributed by atoms with Gasteiger partial charge in [-0.1, -0.05) is 41.7 Å². The number of carbonyl (C=O) groups is 1. The van der Waals surface area contributed by atoms with E-state index in [9.17, 15) is 14.9 Å². The number of hydrogen-bond acceptors (Lipinski definition) is 5. The van der Waals surface area contributed by atoms with Crippen LogP contribution < -0.4 is 0 Å². The van der Waals surface area contributed by atoms with Crippen LogP contribution in [0, 0.1) is 10.1 Å². The fourth-order valence-corrected chi connectivity index (χ4v) is 3.12. The molecular weight excluding hydrogens is 332 g/mol. The zero-order chi connectivity index (χ0) is 15.6. The summed E-state index contributed by atoms with van der Waals surface area (Å²) in [5, 5.41) is 11.1. The summed E-state index contributed by atoms with van der Waals surface area (Å²) in [6.45, 7) is 3.89. The first kappa shape index (κ1) is 15.7. The minimum atomic E-state index is -0.517. The molecular formula is C13H9ClN2O3S2. The first-order chi connectivity index (χ1) is 9.93. The molecule has 1 aromatic carbocycles. The fourth-order valence-electron chi connectivity index (χ4n) is 1.68. The van der Waals surface area contributed by atoms with Crippen LogP contribution >= 0.6 is 35.6 Å². The lowest BCUT2D eigenvalue weighted by molar-refractivity contribution is -0.384. The highest BCUT2D eigenvalue weighted by Gasteiger charge is 2.31. The van der Waals surface area contributed by atoms with Crippen molar-refractivity contribution in [3.8, 4) is 0 Å². The second-order valence-electron chi connectivity index (χ2n) is 4.04.